The van der Waals surface area contributed by atoms with E-state index < -0.39 is 0 Å². The first kappa shape index (κ1) is 19.8. The molecule has 0 spiro atoms. The van der Waals surface area contributed by atoms with Crippen LogP contribution in [0.2, 0.25) is 0 Å². The Kier molecular flexibility index (Phi) is 7.51. The van der Waals surface area contributed by atoms with Crippen LogP contribution < -0.4 is 15.4 Å². The second-order valence-electron chi connectivity index (χ2n) is 6.37. The molecule has 0 aliphatic rings. The van der Waals surface area contributed by atoms with Crippen molar-refractivity contribution in [2.75, 3.05) is 26.2 Å². The van der Waals surface area contributed by atoms with E-state index >= 15 is 0 Å². The van der Waals surface area contributed by atoms with Gasteiger partial charge in [-0.1, -0.05) is 17.7 Å². The molecule has 142 valence electrons. The van der Waals surface area contributed by atoms with E-state index in [0.717, 1.165) is 36.9 Å². The van der Waals surface area contributed by atoms with Crippen molar-refractivity contribution in [1.82, 2.24) is 20.4 Å². The maximum absolute atomic E-state index is 5.74. The molecule has 0 atom stereocenters. The molecule has 6 heteroatoms. The molecule has 0 unspecified atom stereocenters. The number of rotatable bonds is 8. The minimum absolute atomic E-state index is 0.592. The molecule has 0 radical (unpaired) electrons. The van der Waals surface area contributed by atoms with Crippen molar-refractivity contribution in [3.63, 3.8) is 0 Å². The molecular weight excluding hydrogens is 326 g/mol. The number of nitrogens with one attached hydrogen (secondary N) is 2. The molecule has 1 aromatic heterocycles. The minimum atomic E-state index is 0.592. The fourth-order valence-corrected chi connectivity index (χ4v) is 2.77. The summed E-state index contributed by atoms with van der Waals surface area (Å²) in [5, 5.41) is 11.0. The van der Waals surface area contributed by atoms with E-state index in [1.54, 1.807) is 0 Å². The van der Waals surface area contributed by atoms with Gasteiger partial charge in [0.1, 0.15) is 12.4 Å². The van der Waals surface area contributed by atoms with Gasteiger partial charge < -0.3 is 15.4 Å². The zero-order chi connectivity index (χ0) is 18.9. The first-order valence-corrected chi connectivity index (χ1v) is 9.22. The number of nitrogens with zero attached hydrogens (tertiary/aromatic N) is 3. The van der Waals surface area contributed by atoms with Gasteiger partial charge in [0.25, 0.3) is 0 Å². The van der Waals surface area contributed by atoms with Crippen LogP contribution >= 0.6 is 0 Å². The number of aryl methyl sites for hydroxylation is 3. The monoisotopic (exact) mass is 357 g/mol. The number of benzene rings is 1. The van der Waals surface area contributed by atoms with Crippen molar-refractivity contribution >= 4 is 5.96 Å². The summed E-state index contributed by atoms with van der Waals surface area (Å²) < 4.78 is 7.67. The lowest BCUT2D eigenvalue weighted by Crippen LogP contribution is -2.39. The molecule has 2 rings (SSSR count). The summed E-state index contributed by atoms with van der Waals surface area (Å²) in [6.45, 7) is 11.1. The molecule has 0 fully saturated rings. The molecule has 0 bridgehead atoms. The second-order valence-corrected chi connectivity index (χ2v) is 6.37. The molecule has 0 saturated heterocycles. The largest absolute Gasteiger partial charge is 0.492 e. The number of aromatic nitrogens is 2. The number of guanidine groups is 1. The first-order chi connectivity index (χ1) is 12.5. The SMILES string of the molecule is CCNC(=NCCc1c(C)nn(C)c1C)NCCOc1ccc(C)cc1. The Balaban J connectivity index is 1.79. The van der Waals surface area contributed by atoms with Crippen LogP contribution in [0, 0.1) is 20.8 Å². The van der Waals surface area contributed by atoms with Crippen LogP contribution in [0.3, 0.4) is 0 Å². The minimum Gasteiger partial charge on any atom is -0.492 e. The van der Waals surface area contributed by atoms with Gasteiger partial charge in [-0.2, -0.15) is 5.10 Å². The third kappa shape index (κ3) is 5.79. The van der Waals surface area contributed by atoms with Crippen LogP contribution in [0.5, 0.6) is 5.75 Å². The topological polar surface area (TPSA) is 63.5 Å². The van der Waals surface area contributed by atoms with E-state index in [2.05, 4.69) is 60.6 Å². The van der Waals surface area contributed by atoms with Crippen molar-refractivity contribution < 1.29 is 4.74 Å². The highest BCUT2D eigenvalue weighted by molar-refractivity contribution is 5.79. The Bertz CT molecular complexity index is 719. The van der Waals surface area contributed by atoms with E-state index in [9.17, 15) is 0 Å². The van der Waals surface area contributed by atoms with E-state index in [1.807, 2.05) is 23.9 Å². The van der Waals surface area contributed by atoms with Gasteiger partial charge in [-0.15, -0.1) is 0 Å². The maximum Gasteiger partial charge on any atom is 0.191 e. The van der Waals surface area contributed by atoms with Crippen molar-refractivity contribution in [2.24, 2.45) is 12.0 Å². The van der Waals surface area contributed by atoms with Crippen molar-refractivity contribution in [3.05, 3.63) is 46.8 Å². The highest BCUT2D eigenvalue weighted by Gasteiger charge is 2.08. The summed E-state index contributed by atoms with van der Waals surface area (Å²) in [6.07, 6.45) is 0.891. The second kappa shape index (κ2) is 9.85. The van der Waals surface area contributed by atoms with Gasteiger partial charge in [0.15, 0.2) is 5.96 Å². The Morgan fingerprint density at radius 3 is 2.50 bits per heavy atom. The molecule has 0 aliphatic carbocycles. The summed E-state index contributed by atoms with van der Waals surface area (Å²) in [5.41, 5.74) is 4.82. The predicted octanol–water partition coefficient (Wildman–Crippen LogP) is 2.52. The summed E-state index contributed by atoms with van der Waals surface area (Å²) >= 11 is 0. The lowest BCUT2D eigenvalue weighted by Gasteiger charge is -2.12. The average Bonchev–Trinajstić information content (AvgIpc) is 2.86. The smallest absolute Gasteiger partial charge is 0.191 e. The molecule has 1 heterocycles. The fraction of sp³-hybridized carbons (Fsp3) is 0.500. The maximum atomic E-state index is 5.74. The third-order valence-corrected chi connectivity index (χ3v) is 4.32. The van der Waals surface area contributed by atoms with Crippen molar-refractivity contribution in [3.8, 4) is 5.75 Å². The molecule has 0 saturated carbocycles. The normalized spacial score (nSPS) is 11.5. The van der Waals surface area contributed by atoms with Crippen LogP contribution in [0.1, 0.15) is 29.4 Å². The fourth-order valence-electron chi connectivity index (χ4n) is 2.77. The number of aliphatic imine (C=N–C) groups is 1. The summed E-state index contributed by atoms with van der Waals surface area (Å²) in [4.78, 5) is 4.66. The van der Waals surface area contributed by atoms with E-state index in [-0.39, 0.29) is 0 Å². The Morgan fingerprint density at radius 2 is 1.88 bits per heavy atom. The molecule has 0 aliphatic heterocycles. The lowest BCUT2D eigenvalue weighted by molar-refractivity contribution is 0.322. The highest BCUT2D eigenvalue weighted by Crippen LogP contribution is 2.12. The van der Waals surface area contributed by atoms with Gasteiger partial charge in [-0.05, 0) is 51.8 Å². The van der Waals surface area contributed by atoms with Crippen LogP contribution in [0.15, 0.2) is 29.3 Å². The summed E-state index contributed by atoms with van der Waals surface area (Å²) in [7, 11) is 1.98. The van der Waals surface area contributed by atoms with E-state index in [1.165, 1.54) is 16.8 Å². The highest BCUT2D eigenvalue weighted by atomic mass is 16.5. The Hall–Kier alpha value is -2.50. The van der Waals surface area contributed by atoms with Crippen molar-refractivity contribution in [1.29, 1.82) is 0 Å². The first-order valence-electron chi connectivity index (χ1n) is 9.22. The van der Waals surface area contributed by atoms with E-state index in [0.29, 0.717) is 13.2 Å². The van der Waals surface area contributed by atoms with Gasteiger partial charge in [0, 0.05) is 25.8 Å². The standard InChI is InChI=1S/C20H31N5O/c1-6-21-20(22-12-11-19-16(3)24-25(5)17(19)4)23-13-14-26-18-9-7-15(2)8-10-18/h7-10H,6,11-14H2,1-5H3,(H2,21,22,23). The molecular formula is C20H31N5O. The van der Waals surface area contributed by atoms with Crippen molar-refractivity contribution in [2.45, 2.75) is 34.1 Å². The third-order valence-electron chi connectivity index (χ3n) is 4.32. The van der Waals surface area contributed by atoms with E-state index in [4.69, 9.17) is 4.74 Å². The van der Waals surface area contributed by atoms with Gasteiger partial charge in [-0.25, -0.2) is 0 Å². The molecule has 0 amide bonds. The quantitative estimate of drug-likeness (QED) is 0.433. The molecule has 2 aromatic rings. The molecule has 6 nitrogen and oxygen atoms in total. The van der Waals surface area contributed by atoms with Gasteiger partial charge >= 0.3 is 0 Å². The van der Waals surface area contributed by atoms with Crippen LogP contribution in [0.25, 0.3) is 0 Å². The predicted molar refractivity (Wildman–Crippen MR) is 107 cm³/mol. The molecule has 2 N–H and O–H groups in total. The Labute approximate surface area is 156 Å². The Morgan fingerprint density at radius 1 is 1.15 bits per heavy atom. The lowest BCUT2D eigenvalue weighted by atomic mass is 10.1. The van der Waals surface area contributed by atoms with Crippen LogP contribution in [-0.2, 0) is 13.5 Å². The number of ether oxygens (including phenoxy) is 1. The zero-order valence-electron chi connectivity index (χ0n) is 16.6. The number of hydrogen-bond donors (Lipinski definition) is 2. The summed E-state index contributed by atoms with van der Waals surface area (Å²) in [6, 6.07) is 8.09. The summed E-state index contributed by atoms with van der Waals surface area (Å²) in [5.74, 6) is 1.71. The average molecular weight is 358 g/mol. The number of hydrogen-bond acceptors (Lipinski definition) is 3. The van der Waals surface area contributed by atoms with Crippen LogP contribution in [0.4, 0.5) is 0 Å². The van der Waals surface area contributed by atoms with Crippen LogP contribution in [-0.4, -0.2) is 42.0 Å². The van der Waals surface area contributed by atoms with Gasteiger partial charge in [0.2, 0.25) is 0 Å². The zero-order valence-corrected chi connectivity index (χ0v) is 16.6. The van der Waals surface area contributed by atoms with Gasteiger partial charge in [-0.3, -0.25) is 9.67 Å². The molecule has 1 aromatic carbocycles. The molecule has 26 heavy (non-hydrogen) atoms. The van der Waals surface area contributed by atoms with Gasteiger partial charge in [0.05, 0.1) is 12.2 Å².